The number of nitrogens with one attached hydrogen (secondary N) is 2. The van der Waals surface area contributed by atoms with Crippen molar-refractivity contribution in [3.8, 4) is 0 Å². The quantitative estimate of drug-likeness (QED) is 0.310. The van der Waals surface area contributed by atoms with E-state index in [0.29, 0.717) is 5.76 Å². The molecule has 30 heavy (non-hydrogen) atoms. The molecule has 0 saturated heterocycles. The lowest BCUT2D eigenvalue weighted by Gasteiger charge is -2.12. The predicted octanol–water partition coefficient (Wildman–Crippen LogP) is 1.18. The second-order valence-corrected chi connectivity index (χ2v) is 7.62. The van der Waals surface area contributed by atoms with Crippen LogP contribution in [0, 0.1) is 10.1 Å². The molecule has 0 aliphatic rings. The van der Waals surface area contributed by atoms with Crippen molar-refractivity contribution in [2.45, 2.75) is 24.5 Å². The number of hydrogen-bond donors (Lipinski definition) is 2. The Hall–Kier alpha value is -3.45. The van der Waals surface area contributed by atoms with Gasteiger partial charge in [-0.3, -0.25) is 14.9 Å². The highest BCUT2D eigenvalue weighted by Crippen LogP contribution is 2.28. The van der Waals surface area contributed by atoms with Crippen molar-refractivity contribution >= 4 is 33.3 Å². The van der Waals surface area contributed by atoms with E-state index in [4.69, 9.17) is 9.15 Å². The molecule has 2 rings (SSSR count). The van der Waals surface area contributed by atoms with E-state index in [9.17, 15) is 28.1 Å². The molecule has 12 nitrogen and oxygen atoms in total. The Balaban J connectivity index is 2.09. The molecule has 0 aliphatic heterocycles. The highest BCUT2D eigenvalue weighted by atomic mass is 32.2. The van der Waals surface area contributed by atoms with E-state index in [1.165, 1.54) is 19.3 Å². The van der Waals surface area contributed by atoms with Crippen LogP contribution in [0.2, 0.25) is 0 Å². The number of carbonyl (C=O) groups excluding carboxylic acids is 2. The van der Waals surface area contributed by atoms with Gasteiger partial charge in [-0.05, 0) is 31.2 Å². The maximum atomic E-state index is 12.4. The van der Waals surface area contributed by atoms with Crippen LogP contribution in [0.1, 0.15) is 12.7 Å². The fourth-order valence-electron chi connectivity index (χ4n) is 2.26. The number of methoxy groups -OCH3 is 1. The zero-order chi connectivity index (χ0) is 22.3. The van der Waals surface area contributed by atoms with Crippen molar-refractivity contribution < 1.29 is 36.8 Å². The van der Waals surface area contributed by atoms with Gasteiger partial charge in [-0.15, -0.1) is 0 Å². The third kappa shape index (κ3) is 6.02. The fourth-order valence-corrected chi connectivity index (χ4v) is 3.25. The second kappa shape index (κ2) is 9.84. The lowest BCUT2D eigenvalue weighted by atomic mass is 10.2. The number of nitro benzene ring substituents is 1. The SMILES string of the molecule is COC(=O)C(C)OC(=O)CNS(=O)(=O)c1ccc(NCc2ccco2)c([N+](=O)[O-])c1. The summed E-state index contributed by atoms with van der Waals surface area (Å²) in [5, 5.41) is 14.1. The van der Waals surface area contributed by atoms with Gasteiger partial charge >= 0.3 is 11.9 Å². The molecule has 1 aromatic heterocycles. The minimum Gasteiger partial charge on any atom is -0.467 e. The minimum atomic E-state index is -4.27. The summed E-state index contributed by atoms with van der Waals surface area (Å²) in [6.07, 6.45) is 0.233. The van der Waals surface area contributed by atoms with E-state index in [0.717, 1.165) is 19.2 Å². The molecule has 0 fully saturated rings. The van der Waals surface area contributed by atoms with Gasteiger partial charge in [-0.25, -0.2) is 13.2 Å². The molecule has 0 bridgehead atoms. The number of sulfonamides is 1. The third-order valence-corrected chi connectivity index (χ3v) is 5.16. The van der Waals surface area contributed by atoms with E-state index >= 15 is 0 Å². The van der Waals surface area contributed by atoms with E-state index in [1.54, 1.807) is 12.1 Å². The number of carbonyl (C=O) groups is 2. The number of furan rings is 1. The molecule has 162 valence electrons. The average Bonchev–Trinajstić information content (AvgIpc) is 3.23. The van der Waals surface area contributed by atoms with Crippen LogP contribution in [0.15, 0.2) is 45.9 Å². The van der Waals surface area contributed by atoms with Gasteiger partial charge in [-0.2, -0.15) is 4.72 Å². The van der Waals surface area contributed by atoms with Crippen LogP contribution in [-0.4, -0.2) is 45.0 Å². The van der Waals surface area contributed by atoms with Crippen LogP contribution < -0.4 is 10.0 Å². The molecule has 13 heteroatoms. The van der Waals surface area contributed by atoms with Gasteiger partial charge in [0, 0.05) is 6.07 Å². The first-order valence-corrected chi connectivity index (χ1v) is 9.94. The second-order valence-electron chi connectivity index (χ2n) is 5.85. The van der Waals surface area contributed by atoms with Gasteiger partial charge in [0.25, 0.3) is 5.69 Å². The molecule has 0 aliphatic carbocycles. The maximum Gasteiger partial charge on any atom is 0.346 e. The largest absolute Gasteiger partial charge is 0.467 e. The van der Waals surface area contributed by atoms with Crippen molar-refractivity contribution in [2.75, 3.05) is 19.0 Å². The number of nitro groups is 1. The molecule has 2 N–H and O–H groups in total. The van der Waals surface area contributed by atoms with Crippen LogP contribution >= 0.6 is 0 Å². The molecular weight excluding hydrogens is 422 g/mol. The first-order chi connectivity index (χ1) is 14.1. The van der Waals surface area contributed by atoms with Gasteiger partial charge in [-0.1, -0.05) is 0 Å². The van der Waals surface area contributed by atoms with Gasteiger partial charge < -0.3 is 19.2 Å². The van der Waals surface area contributed by atoms with Gasteiger partial charge in [0.05, 0.1) is 29.7 Å². The molecule has 1 atom stereocenters. The summed E-state index contributed by atoms with van der Waals surface area (Å²) in [4.78, 5) is 33.1. The highest BCUT2D eigenvalue weighted by molar-refractivity contribution is 7.89. The van der Waals surface area contributed by atoms with Crippen LogP contribution in [0.3, 0.4) is 0 Å². The number of ether oxygens (including phenoxy) is 2. The number of benzene rings is 1. The highest BCUT2D eigenvalue weighted by Gasteiger charge is 2.24. The summed E-state index contributed by atoms with van der Waals surface area (Å²) in [5.74, 6) is -1.30. The van der Waals surface area contributed by atoms with E-state index in [1.807, 2.05) is 4.72 Å². The smallest absolute Gasteiger partial charge is 0.346 e. The maximum absolute atomic E-state index is 12.4. The molecule has 0 spiro atoms. The topological polar surface area (TPSA) is 167 Å². The Kier molecular flexibility index (Phi) is 7.49. The normalized spacial score (nSPS) is 12.1. The van der Waals surface area contributed by atoms with Crippen molar-refractivity contribution in [3.63, 3.8) is 0 Å². The Morgan fingerprint density at radius 3 is 2.63 bits per heavy atom. The van der Waals surface area contributed by atoms with Crippen molar-refractivity contribution in [1.29, 1.82) is 0 Å². The van der Waals surface area contributed by atoms with Crippen LogP contribution in [-0.2, 0) is 35.6 Å². The standard InChI is InChI=1S/C17H19N3O9S/c1-11(17(22)27-2)29-16(21)10-19-30(25,26)13-5-6-14(15(8-13)20(23)24)18-9-12-4-3-7-28-12/h3-8,11,18-19H,9-10H2,1-2H3. The van der Waals surface area contributed by atoms with Gasteiger partial charge in [0.15, 0.2) is 6.10 Å². The van der Waals surface area contributed by atoms with Gasteiger partial charge in [0.1, 0.15) is 18.0 Å². The van der Waals surface area contributed by atoms with E-state index in [2.05, 4.69) is 10.1 Å². The van der Waals surface area contributed by atoms with E-state index < -0.39 is 50.1 Å². The zero-order valence-electron chi connectivity index (χ0n) is 16.0. The van der Waals surface area contributed by atoms with Crippen LogP contribution in [0.25, 0.3) is 0 Å². The molecule has 0 saturated carbocycles. The Morgan fingerprint density at radius 1 is 1.30 bits per heavy atom. The minimum absolute atomic E-state index is 0.0849. The molecule has 0 radical (unpaired) electrons. The van der Waals surface area contributed by atoms with Crippen LogP contribution in [0.4, 0.5) is 11.4 Å². The molecular formula is C17H19N3O9S. The Morgan fingerprint density at radius 2 is 2.03 bits per heavy atom. The third-order valence-electron chi connectivity index (χ3n) is 3.76. The number of esters is 2. The van der Waals surface area contributed by atoms with Gasteiger partial charge in [0.2, 0.25) is 10.0 Å². The summed E-state index contributed by atoms with van der Waals surface area (Å²) in [7, 11) is -3.16. The summed E-state index contributed by atoms with van der Waals surface area (Å²) in [6, 6.07) is 6.55. The number of nitrogens with zero attached hydrogens (tertiary/aromatic N) is 1. The first kappa shape index (κ1) is 22.8. The number of rotatable bonds is 10. The number of hydrogen-bond acceptors (Lipinski definition) is 10. The first-order valence-electron chi connectivity index (χ1n) is 8.45. The van der Waals surface area contributed by atoms with Crippen molar-refractivity contribution in [3.05, 3.63) is 52.5 Å². The average molecular weight is 441 g/mol. The fraction of sp³-hybridized carbons (Fsp3) is 0.294. The Bertz CT molecular complexity index is 1020. The molecule has 1 heterocycles. The lowest BCUT2D eigenvalue weighted by Crippen LogP contribution is -2.34. The monoisotopic (exact) mass is 441 g/mol. The molecule has 1 unspecified atom stereocenters. The lowest BCUT2D eigenvalue weighted by molar-refractivity contribution is -0.384. The molecule has 1 aromatic carbocycles. The van der Waals surface area contributed by atoms with E-state index in [-0.39, 0.29) is 12.2 Å². The number of anilines is 1. The molecule has 2 aromatic rings. The zero-order valence-corrected chi connectivity index (χ0v) is 16.8. The Labute approximate surface area is 171 Å². The summed E-state index contributed by atoms with van der Waals surface area (Å²) >= 11 is 0. The summed E-state index contributed by atoms with van der Waals surface area (Å²) in [5.41, 5.74) is -0.395. The summed E-state index contributed by atoms with van der Waals surface area (Å²) in [6.45, 7) is 0.633. The molecule has 0 amide bonds. The predicted molar refractivity (Wildman–Crippen MR) is 102 cm³/mol. The van der Waals surface area contributed by atoms with Crippen molar-refractivity contribution in [1.82, 2.24) is 4.72 Å². The summed E-state index contributed by atoms with van der Waals surface area (Å²) < 4.78 is 40.9. The van der Waals surface area contributed by atoms with Crippen molar-refractivity contribution in [2.24, 2.45) is 0 Å². The van der Waals surface area contributed by atoms with Crippen LogP contribution in [0.5, 0.6) is 0 Å².